The van der Waals surface area contributed by atoms with E-state index in [2.05, 4.69) is 58.7 Å². The fourth-order valence-corrected chi connectivity index (χ4v) is 2.20. The van der Waals surface area contributed by atoms with E-state index in [0.29, 0.717) is 0 Å². The summed E-state index contributed by atoms with van der Waals surface area (Å²) in [5.74, 6) is 1.73. The number of aromatic nitrogens is 2. The molecule has 100 valence electrons. The first-order valence-electron chi connectivity index (χ1n) is 6.45. The number of aryl methyl sites for hydroxylation is 1. The predicted octanol–water partition coefficient (Wildman–Crippen LogP) is 3.31. The third-order valence-electron chi connectivity index (χ3n) is 3.33. The summed E-state index contributed by atoms with van der Waals surface area (Å²) in [6.45, 7) is 6.28. The zero-order valence-corrected chi connectivity index (χ0v) is 11.9. The van der Waals surface area contributed by atoms with Crippen molar-refractivity contribution in [1.82, 2.24) is 9.97 Å². The lowest BCUT2D eigenvalue weighted by Crippen LogP contribution is -2.11. The van der Waals surface area contributed by atoms with Crippen LogP contribution < -0.4 is 10.6 Å². The molecular formula is C15H20N4. The molecule has 0 bridgehead atoms. The Kier molecular flexibility index (Phi) is 4.00. The molecule has 0 saturated carbocycles. The van der Waals surface area contributed by atoms with E-state index in [1.165, 1.54) is 11.1 Å². The molecule has 0 radical (unpaired) electrons. The Morgan fingerprint density at radius 2 is 1.74 bits per heavy atom. The molecule has 0 aliphatic rings. The Hall–Kier alpha value is -2.10. The topological polar surface area (TPSA) is 49.8 Å². The second-order valence-corrected chi connectivity index (χ2v) is 4.67. The number of nitrogens with one attached hydrogen (secondary N) is 2. The van der Waals surface area contributed by atoms with Crippen LogP contribution in [0.4, 0.5) is 11.6 Å². The minimum atomic E-state index is 0.208. The van der Waals surface area contributed by atoms with Crippen molar-refractivity contribution < 1.29 is 0 Å². The average molecular weight is 256 g/mol. The molecule has 0 aliphatic carbocycles. The Balaban J connectivity index is 2.24. The van der Waals surface area contributed by atoms with Crippen LogP contribution in [-0.4, -0.2) is 17.0 Å². The van der Waals surface area contributed by atoms with E-state index in [4.69, 9.17) is 0 Å². The second-order valence-electron chi connectivity index (χ2n) is 4.67. The number of rotatable bonds is 4. The highest BCUT2D eigenvalue weighted by atomic mass is 15.1. The van der Waals surface area contributed by atoms with Crippen LogP contribution in [0.3, 0.4) is 0 Å². The summed E-state index contributed by atoms with van der Waals surface area (Å²) in [5, 5.41) is 6.52. The zero-order valence-electron chi connectivity index (χ0n) is 11.9. The maximum Gasteiger partial charge on any atom is 0.134 e. The summed E-state index contributed by atoms with van der Waals surface area (Å²) in [7, 11) is 1.86. The molecule has 2 rings (SSSR count). The van der Waals surface area contributed by atoms with Gasteiger partial charge in [0.05, 0.1) is 6.04 Å². The number of hydrogen-bond donors (Lipinski definition) is 2. The van der Waals surface area contributed by atoms with Crippen LogP contribution in [0.2, 0.25) is 0 Å². The van der Waals surface area contributed by atoms with Crippen LogP contribution in [0.1, 0.15) is 29.7 Å². The van der Waals surface area contributed by atoms with Gasteiger partial charge in [0.1, 0.15) is 18.0 Å². The molecule has 0 aliphatic heterocycles. The van der Waals surface area contributed by atoms with Gasteiger partial charge in [-0.2, -0.15) is 0 Å². The lowest BCUT2D eigenvalue weighted by molar-refractivity contribution is 0.859. The average Bonchev–Trinajstić information content (AvgIpc) is 2.41. The SMILES string of the molecule is CNc1ncnc(NC(C)c2ccccc2C)c1C. The summed E-state index contributed by atoms with van der Waals surface area (Å²) >= 11 is 0. The summed E-state index contributed by atoms with van der Waals surface area (Å²) in [6, 6.07) is 8.59. The number of anilines is 2. The summed E-state index contributed by atoms with van der Waals surface area (Å²) in [6.07, 6.45) is 1.58. The Morgan fingerprint density at radius 1 is 1.05 bits per heavy atom. The first-order chi connectivity index (χ1) is 9.13. The Morgan fingerprint density at radius 3 is 2.42 bits per heavy atom. The normalized spacial score (nSPS) is 12.0. The largest absolute Gasteiger partial charge is 0.373 e. The van der Waals surface area contributed by atoms with Crippen LogP contribution in [0.25, 0.3) is 0 Å². The van der Waals surface area contributed by atoms with E-state index >= 15 is 0 Å². The molecule has 1 aromatic heterocycles. The molecule has 1 aromatic carbocycles. The third kappa shape index (κ3) is 2.84. The smallest absolute Gasteiger partial charge is 0.134 e. The van der Waals surface area contributed by atoms with Crippen molar-refractivity contribution in [2.24, 2.45) is 0 Å². The van der Waals surface area contributed by atoms with Gasteiger partial charge in [0, 0.05) is 12.6 Å². The zero-order chi connectivity index (χ0) is 13.8. The highest BCUT2D eigenvalue weighted by molar-refractivity contribution is 5.57. The number of benzene rings is 1. The molecule has 0 spiro atoms. The van der Waals surface area contributed by atoms with Gasteiger partial charge in [-0.15, -0.1) is 0 Å². The van der Waals surface area contributed by atoms with E-state index < -0.39 is 0 Å². The van der Waals surface area contributed by atoms with E-state index in [-0.39, 0.29) is 6.04 Å². The summed E-state index contributed by atoms with van der Waals surface area (Å²) in [5.41, 5.74) is 3.60. The minimum absolute atomic E-state index is 0.208. The maximum absolute atomic E-state index is 4.32. The van der Waals surface area contributed by atoms with Gasteiger partial charge in [-0.05, 0) is 31.9 Å². The van der Waals surface area contributed by atoms with E-state index in [9.17, 15) is 0 Å². The third-order valence-corrected chi connectivity index (χ3v) is 3.33. The van der Waals surface area contributed by atoms with Crippen molar-refractivity contribution in [2.75, 3.05) is 17.7 Å². The standard InChI is InChI=1S/C15H20N4/c1-10-7-5-6-8-13(10)12(3)19-15-11(2)14(16-4)17-9-18-15/h5-9,12H,1-4H3,(H2,16,17,18,19). The fraction of sp³-hybridized carbons (Fsp3) is 0.333. The number of nitrogens with zero attached hydrogens (tertiary/aromatic N) is 2. The molecule has 1 unspecified atom stereocenters. The highest BCUT2D eigenvalue weighted by Crippen LogP contribution is 2.24. The van der Waals surface area contributed by atoms with Gasteiger partial charge in [-0.3, -0.25) is 0 Å². The molecule has 4 heteroatoms. The lowest BCUT2D eigenvalue weighted by Gasteiger charge is -2.19. The van der Waals surface area contributed by atoms with Gasteiger partial charge in [0.2, 0.25) is 0 Å². The van der Waals surface area contributed by atoms with Crippen LogP contribution >= 0.6 is 0 Å². The first kappa shape index (κ1) is 13.3. The molecular weight excluding hydrogens is 236 g/mol. The van der Waals surface area contributed by atoms with E-state index in [0.717, 1.165) is 17.2 Å². The highest BCUT2D eigenvalue weighted by Gasteiger charge is 2.11. The van der Waals surface area contributed by atoms with Gasteiger partial charge < -0.3 is 10.6 Å². The molecule has 1 atom stereocenters. The van der Waals surface area contributed by atoms with Crippen molar-refractivity contribution in [3.8, 4) is 0 Å². The molecule has 1 heterocycles. The predicted molar refractivity (Wildman–Crippen MR) is 79.5 cm³/mol. The maximum atomic E-state index is 4.32. The molecule has 4 nitrogen and oxygen atoms in total. The minimum Gasteiger partial charge on any atom is -0.373 e. The summed E-state index contributed by atoms with van der Waals surface area (Å²) < 4.78 is 0. The number of hydrogen-bond acceptors (Lipinski definition) is 4. The second kappa shape index (κ2) is 5.69. The van der Waals surface area contributed by atoms with Gasteiger partial charge in [-0.1, -0.05) is 24.3 Å². The molecule has 0 saturated heterocycles. The van der Waals surface area contributed by atoms with Crippen LogP contribution in [0.5, 0.6) is 0 Å². The van der Waals surface area contributed by atoms with Crippen molar-refractivity contribution in [3.63, 3.8) is 0 Å². The van der Waals surface area contributed by atoms with Gasteiger partial charge in [-0.25, -0.2) is 9.97 Å². The van der Waals surface area contributed by atoms with Crippen LogP contribution in [0.15, 0.2) is 30.6 Å². The fourth-order valence-electron chi connectivity index (χ4n) is 2.20. The van der Waals surface area contributed by atoms with Crippen molar-refractivity contribution in [2.45, 2.75) is 26.8 Å². The van der Waals surface area contributed by atoms with Crippen LogP contribution in [0, 0.1) is 13.8 Å². The van der Waals surface area contributed by atoms with Gasteiger partial charge >= 0.3 is 0 Å². The van der Waals surface area contributed by atoms with Gasteiger partial charge in [0.25, 0.3) is 0 Å². The van der Waals surface area contributed by atoms with Gasteiger partial charge in [0.15, 0.2) is 0 Å². The summed E-state index contributed by atoms with van der Waals surface area (Å²) in [4.78, 5) is 8.51. The molecule has 2 N–H and O–H groups in total. The van der Waals surface area contributed by atoms with Crippen molar-refractivity contribution >= 4 is 11.6 Å². The molecule has 0 amide bonds. The van der Waals surface area contributed by atoms with Crippen molar-refractivity contribution in [1.29, 1.82) is 0 Å². The van der Waals surface area contributed by atoms with Crippen LogP contribution in [-0.2, 0) is 0 Å². The molecule has 19 heavy (non-hydrogen) atoms. The Labute approximate surface area is 114 Å². The van der Waals surface area contributed by atoms with E-state index in [1.807, 2.05) is 14.0 Å². The molecule has 2 aromatic rings. The monoisotopic (exact) mass is 256 g/mol. The quantitative estimate of drug-likeness (QED) is 0.881. The Bertz CT molecular complexity index is 566. The van der Waals surface area contributed by atoms with Crippen molar-refractivity contribution in [3.05, 3.63) is 47.3 Å². The lowest BCUT2D eigenvalue weighted by atomic mass is 10.0. The van der Waals surface area contributed by atoms with E-state index in [1.54, 1.807) is 6.33 Å². The first-order valence-corrected chi connectivity index (χ1v) is 6.45. The molecule has 0 fully saturated rings.